The second-order valence-electron chi connectivity index (χ2n) is 5.22. The highest BCUT2D eigenvalue weighted by Gasteiger charge is 2.26. The first-order valence-corrected chi connectivity index (χ1v) is 9.33. The Hall–Kier alpha value is -1.66. The number of nitrogens with two attached hydrogens (primary N) is 1. The predicted octanol–water partition coefficient (Wildman–Crippen LogP) is 2.45. The predicted molar refractivity (Wildman–Crippen MR) is 83.7 cm³/mol. The van der Waals surface area contributed by atoms with Gasteiger partial charge in [-0.05, 0) is 49.1 Å². The number of nitrogen functional groups attached to an aromatic ring is 1. The van der Waals surface area contributed by atoms with Crippen molar-refractivity contribution in [3.63, 3.8) is 0 Å². The first kappa shape index (κ1) is 14.3. The van der Waals surface area contributed by atoms with Crippen LogP contribution in [-0.2, 0) is 22.7 Å². The molecule has 1 aliphatic carbocycles. The highest BCUT2D eigenvalue weighted by Crippen LogP contribution is 2.38. The van der Waals surface area contributed by atoms with Crippen molar-refractivity contribution in [2.45, 2.75) is 24.2 Å². The summed E-state index contributed by atoms with van der Waals surface area (Å²) in [5, 5.41) is 0.567. The Labute approximate surface area is 127 Å². The van der Waals surface area contributed by atoms with Gasteiger partial charge < -0.3 is 5.73 Å². The van der Waals surface area contributed by atoms with Gasteiger partial charge in [0.1, 0.15) is 0 Å². The maximum atomic E-state index is 12.6. The fourth-order valence-electron chi connectivity index (χ4n) is 2.67. The van der Waals surface area contributed by atoms with Crippen LogP contribution in [0.2, 0.25) is 0 Å². The third kappa shape index (κ3) is 2.49. The van der Waals surface area contributed by atoms with E-state index in [-0.39, 0.29) is 10.7 Å². The number of carbonyl (C=O) groups excluding carboxylic acids is 1. The van der Waals surface area contributed by atoms with Crippen LogP contribution in [0.1, 0.15) is 32.8 Å². The lowest BCUT2D eigenvalue weighted by Crippen LogP contribution is -2.06. The maximum Gasteiger partial charge on any atom is 0.196 e. The second-order valence-corrected chi connectivity index (χ2v) is 8.37. The van der Waals surface area contributed by atoms with Crippen molar-refractivity contribution in [2.75, 3.05) is 12.0 Å². The Bertz CT molecular complexity index is 817. The van der Waals surface area contributed by atoms with Crippen LogP contribution in [0.4, 0.5) is 5.00 Å². The number of ketones is 1. The van der Waals surface area contributed by atoms with E-state index in [1.54, 1.807) is 12.1 Å². The van der Waals surface area contributed by atoms with Crippen LogP contribution in [0.15, 0.2) is 29.2 Å². The zero-order chi connectivity index (χ0) is 15.2. The van der Waals surface area contributed by atoms with Gasteiger partial charge in [0.2, 0.25) is 0 Å². The van der Waals surface area contributed by atoms with Crippen LogP contribution in [0.5, 0.6) is 0 Å². The Morgan fingerprint density at radius 3 is 2.48 bits per heavy atom. The monoisotopic (exact) mass is 321 g/mol. The van der Waals surface area contributed by atoms with Gasteiger partial charge in [-0.25, -0.2) is 8.42 Å². The summed E-state index contributed by atoms with van der Waals surface area (Å²) in [6, 6.07) is 6.03. The number of sulfone groups is 1. The summed E-state index contributed by atoms with van der Waals surface area (Å²) in [4.78, 5) is 14.0. The first-order chi connectivity index (χ1) is 9.88. The lowest BCUT2D eigenvalue weighted by Gasteiger charge is -2.04. The van der Waals surface area contributed by atoms with Gasteiger partial charge >= 0.3 is 0 Å². The number of fused-ring (bicyclic) bond motifs is 1. The van der Waals surface area contributed by atoms with E-state index in [9.17, 15) is 13.2 Å². The molecule has 21 heavy (non-hydrogen) atoms. The molecule has 4 nitrogen and oxygen atoms in total. The minimum atomic E-state index is -3.25. The summed E-state index contributed by atoms with van der Waals surface area (Å²) in [6.07, 6.45) is 4.10. The minimum absolute atomic E-state index is 0.119. The number of thiophene rings is 1. The van der Waals surface area contributed by atoms with E-state index < -0.39 is 9.84 Å². The summed E-state index contributed by atoms with van der Waals surface area (Å²) in [5.41, 5.74) is 8.15. The van der Waals surface area contributed by atoms with E-state index in [1.807, 2.05) is 0 Å². The smallest absolute Gasteiger partial charge is 0.196 e. The third-order valence-corrected chi connectivity index (χ3v) is 5.97. The van der Waals surface area contributed by atoms with Crippen molar-refractivity contribution in [3.8, 4) is 0 Å². The number of aryl methyl sites for hydroxylation is 1. The molecule has 1 aromatic heterocycles. The van der Waals surface area contributed by atoms with E-state index in [1.165, 1.54) is 28.3 Å². The van der Waals surface area contributed by atoms with Gasteiger partial charge in [-0.1, -0.05) is 0 Å². The summed E-state index contributed by atoms with van der Waals surface area (Å²) in [5.74, 6) is -0.119. The van der Waals surface area contributed by atoms with Crippen LogP contribution in [0.3, 0.4) is 0 Å². The molecular weight excluding hydrogens is 306 g/mol. The Balaban J connectivity index is 2.00. The molecule has 0 fully saturated rings. The van der Waals surface area contributed by atoms with Gasteiger partial charge in [-0.2, -0.15) is 0 Å². The zero-order valence-electron chi connectivity index (χ0n) is 11.5. The quantitative estimate of drug-likeness (QED) is 0.881. The van der Waals surface area contributed by atoms with Crippen LogP contribution < -0.4 is 5.73 Å². The zero-order valence-corrected chi connectivity index (χ0v) is 13.2. The van der Waals surface area contributed by atoms with Crippen LogP contribution in [-0.4, -0.2) is 20.5 Å². The summed E-state index contributed by atoms with van der Waals surface area (Å²) in [7, 11) is -3.25. The molecule has 2 aromatic rings. The highest BCUT2D eigenvalue weighted by atomic mass is 32.2. The van der Waals surface area contributed by atoms with Gasteiger partial charge in [0.15, 0.2) is 15.6 Å². The highest BCUT2D eigenvalue weighted by molar-refractivity contribution is 7.90. The van der Waals surface area contributed by atoms with Crippen molar-refractivity contribution in [2.24, 2.45) is 0 Å². The molecule has 0 atom stereocenters. The molecule has 0 saturated heterocycles. The molecule has 0 saturated carbocycles. The number of carbonyl (C=O) groups is 1. The van der Waals surface area contributed by atoms with E-state index in [2.05, 4.69) is 0 Å². The summed E-state index contributed by atoms with van der Waals surface area (Å²) < 4.78 is 22.9. The van der Waals surface area contributed by atoms with Crippen LogP contribution in [0.25, 0.3) is 0 Å². The Morgan fingerprint density at radius 1 is 1.19 bits per heavy atom. The fourth-order valence-corrected chi connectivity index (χ4v) is 4.46. The Kier molecular flexibility index (Phi) is 3.37. The molecule has 1 aromatic carbocycles. The van der Waals surface area contributed by atoms with Gasteiger partial charge in [0, 0.05) is 16.7 Å². The molecule has 110 valence electrons. The lowest BCUT2D eigenvalue weighted by molar-refractivity contribution is 0.103. The summed E-state index contributed by atoms with van der Waals surface area (Å²) in [6.45, 7) is 0. The van der Waals surface area contributed by atoms with E-state index in [0.717, 1.165) is 31.1 Å². The van der Waals surface area contributed by atoms with Crippen molar-refractivity contribution >= 4 is 32.0 Å². The van der Waals surface area contributed by atoms with Crippen molar-refractivity contribution in [3.05, 3.63) is 45.8 Å². The van der Waals surface area contributed by atoms with Crippen LogP contribution >= 0.6 is 11.3 Å². The number of anilines is 1. The van der Waals surface area contributed by atoms with Gasteiger partial charge in [-0.3, -0.25) is 4.79 Å². The molecule has 0 bridgehead atoms. The Morgan fingerprint density at radius 2 is 1.86 bits per heavy atom. The molecular formula is C15H15NO3S2. The fraction of sp³-hybridized carbons (Fsp3) is 0.267. The molecule has 1 heterocycles. The van der Waals surface area contributed by atoms with E-state index in [4.69, 9.17) is 5.73 Å². The van der Waals surface area contributed by atoms with Crippen LogP contribution in [0, 0.1) is 0 Å². The SMILES string of the molecule is CS(=O)(=O)c1ccc(C(=O)c2c(N)sc3c2CCC3)cc1. The molecule has 0 spiro atoms. The van der Waals surface area contributed by atoms with Crippen molar-refractivity contribution in [1.82, 2.24) is 0 Å². The first-order valence-electron chi connectivity index (χ1n) is 6.63. The average molecular weight is 321 g/mol. The van der Waals surface area contributed by atoms with Crippen molar-refractivity contribution in [1.29, 1.82) is 0 Å². The molecule has 0 amide bonds. The number of hydrogen-bond acceptors (Lipinski definition) is 5. The summed E-state index contributed by atoms with van der Waals surface area (Å²) >= 11 is 1.49. The molecule has 0 unspecified atom stereocenters. The van der Waals surface area contributed by atoms with Gasteiger partial charge in [0.25, 0.3) is 0 Å². The topological polar surface area (TPSA) is 77.2 Å². The van der Waals surface area contributed by atoms with E-state index in [0.29, 0.717) is 16.1 Å². The molecule has 2 N–H and O–H groups in total. The normalized spacial score (nSPS) is 14.1. The lowest BCUT2D eigenvalue weighted by atomic mass is 10.0. The van der Waals surface area contributed by atoms with Gasteiger partial charge in [0.05, 0.1) is 15.5 Å². The molecule has 6 heteroatoms. The molecule has 3 rings (SSSR count). The molecule has 0 radical (unpaired) electrons. The number of hydrogen-bond donors (Lipinski definition) is 1. The maximum absolute atomic E-state index is 12.6. The number of rotatable bonds is 3. The van der Waals surface area contributed by atoms with Gasteiger partial charge in [-0.15, -0.1) is 11.3 Å². The minimum Gasteiger partial charge on any atom is -0.390 e. The number of benzene rings is 1. The third-order valence-electron chi connectivity index (χ3n) is 3.72. The average Bonchev–Trinajstić information content (AvgIpc) is 2.97. The molecule has 1 aliphatic rings. The van der Waals surface area contributed by atoms with E-state index >= 15 is 0 Å². The van der Waals surface area contributed by atoms with Crippen molar-refractivity contribution < 1.29 is 13.2 Å². The second kappa shape index (κ2) is 4.96. The standard InChI is InChI=1S/C15H15NO3S2/c1-21(18,19)10-7-5-9(6-8-10)14(17)13-11-3-2-4-12(11)20-15(13)16/h5-8H,2-4,16H2,1H3. The largest absolute Gasteiger partial charge is 0.390 e. The molecule has 0 aliphatic heterocycles.